The first kappa shape index (κ1) is 32.4. The van der Waals surface area contributed by atoms with Crippen molar-refractivity contribution in [2.24, 2.45) is 0 Å². The minimum atomic E-state index is -0.256. The molecule has 0 saturated heterocycles. The summed E-state index contributed by atoms with van der Waals surface area (Å²) in [7, 11) is 0. The van der Waals surface area contributed by atoms with Crippen LogP contribution in [0, 0.1) is 0 Å². The number of amides is 1. The van der Waals surface area contributed by atoms with Gasteiger partial charge in [0.2, 0.25) is 0 Å². The Morgan fingerprint density at radius 3 is 2.02 bits per heavy atom. The number of benzene rings is 3. The second kappa shape index (κ2) is 18.2. The molecule has 1 N–H and O–H groups in total. The van der Waals surface area contributed by atoms with E-state index >= 15 is 0 Å². The van der Waals surface area contributed by atoms with E-state index in [2.05, 4.69) is 28.2 Å². The van der Waals surface area contributed by atoms with E-state index in [4.69, 9.17) is 28.8 Å². The average Bonchev–Trinajstić information content (AvgIpc) is 3.49. The van der Waals surface area contributed by atoms with Gasteiger partial charge in [0.1, 0.15) is 18.1 Å². The molecule has 0 aliphatic heterocycles. The highest BCUT2D eigenvalue weighted by atomic mass is 79.9. The number of nitrogens with one attached hydrogen (secondary N) is 1. The van der Waals surface area contributed by atoms with Crippen LogP contribution in [-0.2, 0) is 18.9 Å². The van der Waals surface area contributed by atoms with Crippen LogP contribution in [-0.4, -0.2) is 75.1 Å². The molecule has 0 fully saturated rings. The number of carbonyl (C=O) groups is 1. The molecule has 43 heavy (non-hydrogen) atoms. The van der Waals surface area contributed by atoms with Crippen molar-refractivity contribution in [3.8, 4) is 22.7 Å². The van der Waals surface area contributed by atoms with E-state index in [1.807, 2.05) is 66.7 Å². The summed E-state index contributed by atoms with van der Waals surface area (Å²) in [6, 6.07) is 24.7. The monoisotopic (exact) mass is 651 g/mol. The summed E-state index contributed by atoms with van der Waals surface area (Å²) in [5.41, 5.74) is 3.41. The lowest BCUT2D eigenvalue weighted by molar-refractivity contribution is -0.00450. The Morgan fingerprint density at radius 2 is 1.40 bits per heavy atom. The van der Waals surface area contributed by atoms with Crippen molar-refractivity contribution in [2.45, 2.75) is 13.3 Å². The third-order valence-electron chi connectivity index (χ3n) is 6.15. The van der Waals surface area contributed by atoms with Crippen LogP contribution in [0.1, 0.15) is 23.7 Å². The van der Waals surface area contributed by atoms with Crippen molar-refractivity contribution in [3.63, 3.8) is 0 Å². The van der Waals surface area contributed by atoms with Crippen LogP contribution in [0.15, 0.2) is 89.5 Å². The highest BCUT2D eigenvalue weighted by Gasteiger charge is 2.19. The van der Waals surface area contributed by atoms with E-state index in [1.165, 1.54) is 0 Å². The lowest BCUT2D eigenvalue weighted by atomic mass is 10.1. The molecule has 1 aromatic heterocycles. The van der Waals surface area contributed by atoms with Crippen LogP contribution in [0.5, 0.6) is 5.75 Å². The van der Waals surface area contributed by atoms with E-state index in [0.29, 0.717) is 75.5 Å². The van der Waals surface area contributed by atoms with Crippen LogP contribution in [0.3, 0.4) is 0 Å². The molecule has 4 rings (SSSR count). The number of ether oxygens (including phenoxy) is 5. The summed E-state index contributed by atoms with van der Waals surface area (Å²) in [6.07, 6.45) is 2.77. The molecule has 4 aromatic rings. The summed E-state index contributed by atoms with van der Waals surface area (Å²) in [5.74, 6) is 0.429. The van der Waals surface area contributed by atoms with E-state index in [-0.39, 0.29) is 5.91 Å². The fourth-order valence-corrected chi connectivity index (χ4v) is 4.46. The van der Waals surface area contributed by atoms with Gasteiger partial charge in [0.15, 0.2) is 0 Å². The molecule has 1 heterocycles. The van der Waals surface area contributed by atoms with Gasteiger partial charge in [-0.1, -0.05) is 53.2 Å². The van der Waals surface area contributed by atoms with Crippen molar-refractivity contribution < 1.29 is 28.5 Å². The number of hydrogen-bond donors (Lipinski definition) is 1. The number of anilines is 1. The normalized spacial score (nSPS) is 11.0. The van der Waals surface area contributed by atoms with Crippen molar-refractivity contribution in [1.29, 1.82) is 0 Å². The van der Waals surface area contributed by atoms with Crippen molar-refractivity contribution >= 4 is 27.5 Å². The van der Waals surface area contributed by atoms with Crippen molar-refractivity contribution in [1.82, 2.24) is 9.78 Å². The zero-order valence-corrected chi connectivity index (χ0v) is 26.0. The molecule has 228 valence electrons. The number of halogens is 1. The summed E-state index contributed by atoms with van der Waals surface area (Å²) < 4.78 is 30.2. The Morgan fingerprint density at radius 1 is 0.767 bits per heavy atom. The molecule has 3 aromatic carbocycles. The molecule has 0 atom stereocenters. The van der Waals surface area contributed by atoms with Gasteiger partial charge in [-0.15, -0.1) is 0 Å². The number of aromatic nitrogens is 2. The second-order valence-electron chi connectivity index (χ2n) is 9.46. The third kappa shape index (κ3) is 10.9. The Balaban J connectivity index is 1.20. The maximum absolute atomic E-state index is 13.4. The molecule has 0 spiro atoms. The predicted molar refractivity (Wildman–Crippen MR) is 170 cm³/mol. The van der Waals surface area contributed by atoms with Gasteiger partial charge in [-0.3, -0.25) is 4.79 Å². The Hall–Kier alpha value is -3.54. The lowest BCUT2D eigenvalue weighted by Crippen LogP contribution is -2.14. The zero-order chi connectivity index (χ0) is 30.1. The summed E-state index contributed by atoms with van der Waals surface area (Å²) in [5, 5.41) is 7.72. The second-order valence-corrected chi connectivity index (χ2v) is 10.4. The minimum absolute atomic E-state index is 0.256. The van der Waals surface area contributed by atoms with E-state index in [1.54, 1.807) is 23.0 Å². The largest absolute Gasteiger partial charge is 0.491 e. The number of nitrogens with zero attached hydrogens (tertiary/aromatic N) is 2. The molecule has 0 aliphatic rings. The van der Waals surface area contributed by atoms with Gasteiger partial charge >= 0.3 is 0 Å². The number of para-hydroxylation sites is 1. The fraction of sp³-hybridized carbons (Fsp3) is 0.333. The van der Waals surface area contributed by atoms with Gasteiger partial charge in [-0.25, -0.2) is 4.68 Å². The zero-order valence-electron chi connectivity index (χ0n) is 24.4. The van der Waals surface area contributed by atoms with Crippen LogP contribution < -0.4 is 10.1 Å². The molecule has 0 unspecified atom stereocenters. The SMILES string of the molecule is CCCOCCOCCOCCOCCOc1ccc(NC(=O)c2cn(-c3ccccc3)nc2-c2cccc(Br)c2)cc1. The maximum Gasteiger partial charge on any atom is 0.259 e. The van der Waals surface area contributed by atoms with Gasteiger partial charge in [-0.2, -0.15) is 5.10 Å². The first-order valence-corrected chi connectivity index (χ1v) is 15.2. The van der Waals surface area contributed by atoms with E-state index < -0.39 is 0 Å². The predicted octanol–water partition coefficient (Wildman–Crippen LogP) is 6.41. The number of hydrogen-bond acceptors (Lipinski definition) is 7. The molecular weight excluding hydrogens is 614 g/mol. The highest BCUT2D eigenvalue weighted by Crippen LogP contribution is 2.27. The van der Waals surface area contributed by atoms with E-state index in [9.17, 15) is 4.79 Å². The molecule has 9 nitrogen and oxygen atoms in total. The van der Waals surface area contributed by atoms with Crippen molar-refractivity contribution in [3.05, 3.63) is 95.1 Å². The summed E-state index contributed by atoms with van der Waals surface area (Å²) >= 11 is 3.52. The molecular formula is C33H38BrN3O6. The van der Waals surface area contributed by atoms with Gasteiger partial charge in [0, 0.05) is 28.5 Å². The van der Waals surface area contributed by atoms with Crippen LogP contribution in [0.2, 0.25) is 0 Å². The van der Waals surface area contributed by atoms with Gasteiger partial charge in [0.05, 0.1) is 57.5 Å². The third-order valence-corrected chi connectivity index (χ3v) is 6.64. The molecule has 0 aliphatic carbocycles. The average molecular weight is 653 g/mol. The topological polar surface area (TPSA) is 93.1 Å². The smallest absolute Gasteiger partial charge is 0.259 e. The molecule has 10 heteroatoms. The maximum atomic E-state index is 13.4. The van der Waals surface area contributed by atoms with Crippen LogP contribution >= 0.6 is 15.9 Å². The Labute approximate surface area is 261 Å². The fourth-order valence-electron chi connectivity index (χ4n) is 4.06. The first-order chi connectivity index (χ1) is 21.1. The summed E-state index contributed by atoms with van der Waals surface area (Å²) in [4.78, 5) is 13.4. The van der Waals surface area contributed by atoms with Gasteiger partial charge < -0.3 is 29.0 Å². The van der Waals surface area contributed by atoms with Gasteiger partial charge in [0.25, 0.3) is 5.91 Å². The quantitative estimate of drug-likeness (QED) is 0.117. The van der Waals surface area contributed by atoms with Crippen molar-refractivity contribution in [2.75, 3.05) is 64.8 Å². The van der Waals surface area contributed by atoms with Crippen LogP contribution in [0.4, 0.5) is 5.69 Å². The lowest BCUT2D eigenvalue weighted by Gasteiger charge is -2.10. The Bertz CT molecular complexity index is 1380. The molecule has 0 bridgehead atoms. The minimum Gasteiger partial charge on any atom is -0.491 e. The standard InChI is InChI=1S/C33H38BrN3O6/c1-2-15-39-16-17-40-18-19-41-20-21-42-22-23-43-30-13-11-28(12-14-30)35-33(38)31-25-37(29-9-4-3-5-10-29)36-32(31)26-7-6-8-27(34)24-26/h3-14,24-25H,2,15-23H2,1H3,(H,35,38). The summed E-state index contributed by atoms with van der Waals surface area (Å²) in [6.45, 7) is 6.93. The number of carbonyl (C=O) groups excluding carboxylic acids is 1. The number of rotatable bonds is 19. The Kier molecular flexibility index (Phi) is 13.7. The first-order valence-electron chi connectivity index (χ1n) is 14.4. The molecule has 0 radical (unpaired) electrons. The van der Waals surface area contributed by atoms with Gasteiger partial charge in [-0.05, 0) is 55.0 Å². The molecule has 0 saturated carbocycles. The van der Waals surface area contributed by atoms with E-state index in [0.717, 1.165) is 28.8 Å². The highest BCUT2D eigenvalue weighted by molar-refractivity contribution is 9.10. The molecule has 1 amide bonds. The van der Waals surface area contributed by atoms with Crippen LogP contribution in [0.25, 0.3) is 16.9 Å².